The summed E-state index contributed by atoms with van der Waals surface area (Å²) in [6.07, 6.45) is 0. The molecule has 0 saturated carbocycles. The number of hydrogen-bond donors (Lipinski definition) is 0. The van der Waals surface area contributed by atoms with Gasteiger partial charge in [-0.3, -0.25) is 0 Å². The SMILES string of the molecule is Ic1ccc2nsnc2c1I. The van der Waals surface area contributed by atoms with Gasteiger partial charge in [0.05, 0.1) is 15.3 Å². The highest BCUT2D eigenvalue weighted by Gasteiger charge is 2.04. The molecule has 1 aromatic heterocycles. The zero-order valence-electron chi connectivity index (χ0n) is 5.21. The van der Waals surface area contributed by atoms with E-state index in [-0.39, 0.29) is 0 Å². The normalized spacial score (nSPS) is 10.7. The number of nitrogens with zero attached hydrogens (tertiary/aromatic N) is 2. The van der Waals surface area contributed by atoms with Crippen LogP contribution in [0, 0.1) is 7.14 Å². The van der Waals surface area contributed by atoms with Crippen molar-refractivity contribution in [1.29, 1.82) is 0 Å². The molecule has 0 aliphatic rings. The number of aromatic nitrogens is 2. The van der Waals surface area contributed by atoms with Gasteiger partial charge in [-0.15, -0.1) is 0 Å². The Morgan fingerprint density at radius 2 is 2.00 bits per heavy atom. The molecular formula is C6H2I2N2S. The van der Waals surface area contributed by atoms with Gasteiger partial charge in [-0.1, -0.05) is 0 Å². The molecule has 0 fully saturated rings. The van der Waals surface area contributed by atoms with Gasteiger partial charge in [0.15, 0.2) is 0 Å². The molecular weight excluding hydrogens is 386 g/mol. The van der Waals surface area contributed by atoms with Gasteiger partial charge < -0.3 is 0 Å². The van der Waals surface area contributed by atoms with Gasteiger partial charge in [-0.2, -0.15) is 8.75 Å². The van der Waals surface area contributed by atoms with Gasteiger partial charge in [0.2, 0.25) is 0 Å². The van der Waals surface area contributed by atoms with E-state index in [2.05, 4.69) is 60.0 Å². The van der Waals surface area contributed by atoms with Gasteiger partial charge in [-0.25, -0.2) is 0 Å². The Hall–Kier alpha value is 0.500. The van der Waals surface area contributed by atoms with E-state index < -0.39 is 0 Å². The van der Waals surface area contributed by atoms with E-state index in [1.165, 1.54) is 18.9 Å². The highest BCUT2D eigenvalue weighted by atomic mass is 127. The molecule has 0 saturated heterocycles. The standard InChI is InChI=1S/C6H2I2N2S/c7-3-1-2-4-6(5(3)8)10-11-9-4/h1-2H. The lowest BCUT2D eigenvalue weighted by molar-refractivity contribution is 1.57. The Labute approximate surface area is 95.0 Å². The second-order valence-corrected chi connectivity index (χ2v) is 4.76. The first kappa shape index (κ1) is 8.11. The van der Waals surface area contributed by atoms with Crippen molar-refractivity contribution in [3.63, 3.8) is 0 Å². The summed E-state index contributed by atoms with van der Waals surface area (Å²) in [6, 6.07) is 4.06. The van der Waals surface area contributed by atoms with Gasteiger partial charge in [0.1, 0.15) is 11.0 Å². The van der Waals surface area contributed by atoms with Crippen molar-refractivity contribution in [3.8, 4) is 0 Å². The molecule has 0 aliphatic carbocycles. The quantitative estimate of drug-likeness (QED) is 0.649. The largest absolute Gasteiger partial charge is 0.173 e. The molecule has 2 rings (SSSR count). The minimum Gasteiger partial charge on any atom is -0.173 e. The first-order valence-electron chi connectivity index (χ1n) is 2.85. The lowest BCUT2D eigenvalue weighted by Gasteiger charge is -1.93. The summed E-state index contributed by atoms with van der Waals surface area (Å²) >= 11 is 5.86. The number of rotatable bonds is 0. The van der Waals surface area contributed by atoms with Crippen molar-refractivity contribution >= 4 is 67.9 Å². The van der Waals surface area contributed by atoms with Crippen LogP contribution in [0.2, 0.25) is 0 Å². The van der Waals surface area contributed by atoms with E-state index in [4.69, 9.17) is 0 Å². The molecule has 5 heteroatoms. The van der Waals surface area contributed by atoms with Gasteiger partial charge >= 0.3 is 0 Å². The Kier molecular flexibility index (Phi) is 2.28. The van der Waals surface area contributed by atoms with Crippen LogP contribution in [0.25, 0.3) is 11.0 Å². The van der Waals surface area contributed by atoms with Gasteiger partial charge in [0, 0.05) is 3.57 Å². The predicted octanol–water partition coefficient (Wildman–Crippen LogP) is 2.90. The Balaban J connectivity index is 2.93. The Morgan fingerprint density at radius 3 is 2.82 bits per heavy atom. The predicted molar refractivity (Wildman–Crippen MR) is 62.8 cm³/mol. The van der Waals surface area contributed by atoms with Crippen LogP contribution >= 0.6 is 56.9 Å². The summed E-state index contributed by atoms with van der Waals surface area (Å²) in [4.78, 5) is 0. The molecule has 0 radical (unpaired) electrons. The average molecular weight is 388 g/mol. The van der Waals surface area contributed by atoms with Crippen LogP contribution in [0.1, 0.15) is 0 Å². The molecule has 0 unspecified atom stereocenters. The van der Waals surface area contributed by atoms with Crippen molar-refractivity contribution < 1.29 is 0 Å². The summed E-state index contributed by atoms with van der Waals surface area (Å²) in [7, 11) is 0. The minimum absolute atomic E-state index is 1.000. The highest BCUT2D eigenvalue weighted by molar-refractivity contribution is 14.1. The smallest absolute Gasteiger partial charge is 0.119 e. The monoisotopic (exact) mass is 388 g/mol. The van der Waals surface area contributed by atoms with Crippen LogP contribution in [0.4, 0.5) is 0 Å². The van der Waals surface area contributed by atoms with Crippen molar-refractivity contribution in [1.82, 2.24) is 8.75 Å². The molecule has 1 heterocycles. The summed E-state index contributed by atoms with van der Waals surface area (Å²) < 4.78 is 10.8. The summed E-state index contributed by atoms with van der Waals surface area (Å²) in [5, 5.41) is 0. The number of benzene rings is 1. The summed E-state index contributed by atoms with van der Waals surface area (Å²) in [5.41, 5.74) is 2.03. The zero-order valence-corrected chi connectivity index (χ0v) is 10.3. The molecule has 0 amide bonds. The van der Waals surface area contributed by atoms with Crippen LogP contribution in [0.5, 0.6) is 0 Å². The lowest BCUT2D eigenvalue weighted by atomic mass is 10.3. The van der Waals surface area contributed by atoms with Gasteiger partial charge in [-0.05, 0) is 57.3 Å². The van der Waals surface area contributed by atoms with E-state index in [0.29, 0.717) is 0 Å². The second-order valence-electron chi connectivity index (χ2n) is 1.99. The third kappa shape index (κ3) is 1.37. The average Bonchev–Trinajstić information content (AvgIpc) is 2.45. The highest BCUT2D eigenvalue weighted by Crippen LogP contribution is 2.23. The second kappa shape index (κ2) is 3.09. The van der Waals surface area contributed by atoms with Crippen molar-refractivity contribution in [2.45, 2.75) is 0 Å². The maximum atomic E-state index is 4.20. The fourth-order valence-electron chi connectivity index (χ4n) is 0.795. The van der Waals surface area contributed by atoms with E-state index in [0.717, 1.165) is 11.0 Å². The van der Waals surface area contributed by atoms with Gasteiger partial charge in [0.25, 0.3) is 0 Å². The van der Waals surface area contributed by atoms with Crippen LogP contribution < -0.4 is 0 Å². The van der Waals surface area contributed by atoms with E-state index >= 15 is 0 Å². The van der Waals surface area contributed by atoms with Crippen molar-refractivity contribution in [3.05, 3.63) is 19.3 Å². The molecule has 0 aliphatic heterocycles. The van der Waals surface area contributed by atoms with Crippen molar-refractivity contribution in [2.24, 2.45) is 0 Å². The fourth-order valence-corrected chi connectivity index (χ4v) is 2.51. The van der Waals surface area contributed by atoms with E-state index in [1.54, 1.807) is 0 Å². The summed E-state index contributed by atoms with van der Waals surface area (Å²) in [5.74, 6) is 0. The first-order chi connectivity index (χ1) is 5.29. The molecule has 56 valence electrons. The number of fused-ring (bicyclic) bond motifs is 1. The molecule has 11 heavy (non-hydrogen) atoms. The zero-order chi connectivity index (χ0) is 7.84. The minimum atomic E-state index is 1.000. The third-order valence-electron chi connectivity index (χ3n) is 1.32. The molecule has 0 spiro atoms. The number of halogens is 2. The summed E-state index contributed by atoms with van der Waals surface area (Å²) in [6.45, 7) is 0. The van der Waals surface area contributed by atoms with Crippen molar-refractivity contribution in [2.75, 3.05) is 0 Å². The van der Waals surface area contributed by atoms with E-state index in [1.807, 2.05) is 6.07 Å². The molecule has 2 nitrogen and oxygen atoms in total. The molecule has 0 bridgehead atoms. The maximum Gasteiger partial charge on any atom is 0.119 e. The molecule has 1 aromatic carbocycles. The van der Waals surface area contributed by atoms with Crippen LogP contribution in [0.15, 0.2) is 12.1 Å². The fraction of sp³-hybridized carbons (Fsp3) is 0. The third-order valence-corrected chi connectivity index (χ3v) is 4.88. The van der Waals surface area contributed by atoms with Crippen LogP contribution in [0.3, 0.4) is 0 Å². The topological polar surface area (TPSA) is 25.8 Å². The lowest BCUT2D eigenvalue weighted by Crippen LogP contribution is -1.80. The van der Waals surface area contributed by atoms with E-state index in [9.17, 15) is 0 Å². The van der Waals surface area contributed by atoms with Crippen LogP contribution in [-0.2, 0) is 0 Å². The molecule has 0 N–H and O–H groups in total. The molecule has 0 atom stereocenters. The number of hydrogen-bond acceptors (Lipinski definition) is 3. The first-order valence-corrected chi connectivity index (χ1v) is 5.74. The van der Waals surface area contributed by atoms with Crippen LogP contribution in [-0.4, -0.2) is 8.75 Å². The molecule has 2 aromatic rings. The Bertz CT molecular complexity index is 398. The maximum absolute atomic E-state index is 4.20. The Morgan fingerprint density at radius 1 is 1.18 bits per heavy atom.